The average Bonchev–Trinajstić information content (AvgIpc) is 3.12. The molecule has 4 rings (SSSR count). The summed E-state index contributed by atoms with van der Waals surface area (Å²) in [4.78, 5) is 23.2. The van der Waals surface area contributed by atoms with Crippen molar-refractivity contribution >= 4 is 44.9 Å². The maximum Gasteiger partial charge on any atom is 0.308 e. The molecule has 146 valence electrons. The van der Waals surface area contributed by atoms with Crippen molar-refractivity contribution in [1.29, 1.82) is 0 Å². The molecule has 1 aromatic carbocycles. The quantitative estimate of drug-likeness (QED) is 0.606. The number of anilines is 1. The highest BCUT2D eigenvalue weighted by Crippen LogP contribution is 2.40. The summed E-state index contributed by atoms with van der Waals surface area (Å²) in [5, 5.41) is 12.6. The highest BCUT2D eigenvalue weighted by atomic mass is 35.5. The van der Waals surface area contributed by atoms with Crippen LogP contribution in [0.4, 0.5) is 5.82 Å². The molecule has 1 N–H and O–H groups in total. The van der Waals surface area contributed by atoms with Crippen LogP contribution in [0.2, 0.25) is 5.28 Å². The lowest BCUT2D eigenvalue weighted by Crippen LogP contribution is -2.39. The van der Waals surface area contributed by atoms with Crippen molar-refractivity contribution in [2.75, 3.05) is 24.6 Å². The summed E-state index contributed by atoms with van der Waals surface area (Å²) in [5.41, 5.74) is 2.06. The van der Waals surface area contributed by atoms with E-state index in [2.05, 4.69) is 9.97 Å². The normalized spacial score (nSPS) is 17.1. The molecule has 3 heterocycles. The number of hydrogen-bond donors (Lipinski definition) is 1. The lowest BCUT2D eigenvalue weighted by molar-refractivity contribution is -0.141. The predicted molar refractivity (Wildman–Crippen MR) is 112 cm³/mol. The Bertz CT molecular complexity index is 1010. The summed E-state index contributed by atoms with van der Waals surface area (Å²) in [7, 11) is 0. The zero-order valence-corrected chi connectivity index (χ0v) is 17.0. The Kier molecular flexibility index (Phi) is 5.37. The van der Waals surface area contributed by atoms with E-state index in [0.29, 0.717) is 25.4 Å². The molecule has 0 bridgehead atoms. The third-order valence-electron chi connectivity index (χ3n) is 4.93. The molecule has 1 aliphatic rings. The van der Waals surface area contributed by atoms with Gasteiger partial charge in [-0.15, -0.1) is 11.3 Å². The molecule has 1 atom stereocenters. The lowest BCUT2D eigenvalue weighted by Gasteiger charge is -2.32. The van der Waals surface area contributed by atoms with Crippen LogP contribution in [0.25, 0.3) is 21.3 Å². The summed E-state index contributed by atoms with van der Waals surface area (Å²) in [6, 6.07) is 7.92. The number of benzene rings is 1. The van der Waals surface area contributed by atoms with Crippen LogP contribution >= 0.6 is 22.9 Å². The highest BCUT2D eigenvalue weighted by molar-refractivity contribution is 7.17. The van der Waals surface area contributed by atoms with E-state index < -0.39 is 11.9 Å². The van der Waals surface area contributed by atoms with Gasteiger partial charge in [0.25, 0.3) is 0 Å². The van der Waals surface area contributed by atoms with Crippen molar-refractivity contribution in [2.45, 2.75) is 19.8 Å². The van der Waals surface area contributed by atoms with Crippen LogP contribution in [0.3, 0.4) is 0 Å². The molecule has 1 aliphatic heterocycles. The van der Waals surface area contributed by atoms with Gasteiger partial charge in [0.05, 0.1) is 17.9 Å². The van der Waals surface area contributed by atoms with E-state index in [1.54, 1.807) is 0 Å². The number of carboxylic acids is 1. The molecule has 0 saturated carbocycles. The van der Waals surface area contributed by atoms with E-state index in [1.165, 1.54) is 11.3 Å². The first-order valence-electron chi connectivity index (χ1n) is 9.22. The number of aliphatic carboxylic acids is 1. The number of aromatic nitrogens is 2. The van der Waals surface area contributed by atoms with Crippen molar-refractivity contribution in [3.8, 4) is 16.9 Å². The van der Waals surface area contributed by atoms with Crippen LogP contribution in [-0.2, 0) is 4.79 Å². The molecule has 3 aromatic rings. The van der Waals surface area contributed by atoms with Gasteiger partial charge in [0.2, 0.25) is 5.28 Å². The minimum Gasteiger partial charge on any atom is -0.494 e. The molecule has 8 heteroatoms. The first-order valence-corrected chi connectivity index (χ1v) is 10.5. The second-order valence-corrected chi connectivity index (χ2v) is 7.92. The molecule has 0 amide bonds. The minimum absolute atomic E-state index is 0.181. The standard InChI is InChI=1S/C20H20ClN3O3S/c1-2-27-14-7-5-12(6-8-14)15-11-28-18-16(15)17(22-20(21)23-18)24-9-3-4-13(10-24)19(25)26/h5-8,11,13H,2-4,9-10H2,1H3,(H,25,26). The van der Waals surface area contributed by atoms with Crippen molar-refractivity contribution < 1.29 is 14.6 Å². The van der Waals surface area contributed by atoms with Crippen molar-refractivity contribution in [3.05, 3.63) is 34.9 Å². The molecule has 1 saturated heterocycles. The monoisotopic (exact) mass is 417 g/mol. The third kappa shape index (κ3) is 3.64. The van der Waals surface area contributed by atoms with Gasteiger partial charge < -0.3 is 14.7 Å². The Morgan fingerprint density at radius 2 is 2.14 bits per heavy atom. The van der Waals surface area contributed by atoms with Crippen LogP contribution in [-0.4, -0.2) is 40.7 Å². The lowest BCUT2D eigenvalue weighted by atomic mass is 9.97. The molecule has 0 spiro atoms. The summed E-state index contributed by atoms with van der Waals surface area (Å²) in [6.07, 6.45) is 1.49. The number of piperidine rings is 1. The SMILES string of the molecule is CCOc1ccc(-c2csc3nc(Cl)nc(N4CCCC(C(=O)O)C4)c23)cc1. The van der Waals surface area contributed by atoms with Gasteiger partial charge in [0.1, 0.15) is 16.4 Å². The summed E-state index contributed by atoms with van der Waals surface area (Å²) in [6.45, 7) is 3.76. The zero-order chi connectivity index (χ0) is 19.7. The largest absolute Gasteiger partial charge is 0.494 e. The number of thiophene rings is 1. The Labute approximate surface area is 171 Å². The van der Waals surface area contributed by atoms with Crippen molar-refractivity contribution in [2.24, 2.45) is 5.92 Å². The maximum atomic E-state index is 11.5. The van der Waals surface area contributed by atoms with Crippen LogP contribution < -0.4 is 9.64 Å². The zero-order valence-electron chi connectivity index (χ0n) is 15.4. The van der Waals surface area contributed by atoms with Gasteiger partial charge in [-0.25, -0.2) is 4.98 Å². The first-order chi connectivity index (χ1) is 13.6. The van der Waals surface area contributed by atoms with Gasteiger partial charge in [-0.3, -0.25) is 4.79 Å². The molecule has 0 aliphatic carbocycles. The number of nitrogens with zero attached hydrogens (tertiary/aromatic N) is 3. The van der Waals surface area contributed by atoms with Crippen LogP contribution in [0.1, 0.15) is 19.8 Å². The fraction of sp³-hybridized carbons (Fsp3) is 0.350. The van der Waals surface area contributed by atoms with Gasteiger partial charge in [-0.1, -0.05) is 12.1 Å². The maximum absolute atomic E-state index is 11.5. The van der Waals surface area contributed by atoms with Crippen molar-refractivity contribution in [1.82, 2.24) is 9.97 Å². The van der Waals surface area contributed by atoms with E-state index >= 15 is 0 Å². The van der Waals surface area contributed by atoms with Gasteiger partial charge in [-0.05, 0) is 49.1 Å². The number of fused-ring (bicyclic) bond motifs is 1. The van der Waals surface area contributed by atoms with Gasteiger partial charge in [-0.2, -0.15) is 4.98 Å². The van der Waals surface area contributed by atoms with E-state index in [-0.39, 0.29) is 5.28 Å². The van der Waals surface area contributed by atoms with E-state index in [4.69, 9.17) is 16.3 Å². The molecule has 28 heavy (non-hydrogen) atoms. The number of halogens is 1. The molecule has 0 radical (unpaired) electrons. The molecular formula is C20H20ClN3O3S. The van der Waals surface area contributed by atoms with Crippen LogP contribution in [0, 0.1) is 5.92 Å². The Balaban J connectivity index is 1.78. The van der Waals surface area contributed by atoms with Crippen molar-refractivity contribution in [3.63, 3.8) is 0 Å². The number of hydrogen-bond acceptors (Lipinski definition) is 6. The molecule has 1 fully saturated rings. The predicted octanol–water partition coefficient (Wildman–Crippen LogP) is 4.71. The van der Waals surface area contributed by atoms with Gasteiger partial charge in [0.15, 0.2) is 0 Å². The molecular weight excluding hydrogens is 398 g/mol. The smallest absolute Gasteiger partial charge is 0.308 e. The fourth-order valence-corrected chi connectivity index (χ4v) is 4.76. The van der Waals surface area contributed by atoms with Crippen LogP contribution in [0.15, 0.2) is 29.6 Å². The summed E-state index contributed by atoms with van der Waals surface area (Å²) in [5.74, 6) is 0.375. The summed E-state index contributed by atoms with van der Waals surface area (Å²) < 4.78 is 5.53. The highest BCUT2D eigenvalue weighted by Gasteiger charge is 2.28. The second-order valence-electron chi connectivity index (χ2n) is 6.73. The number of rotatable bonds is 5. The Hall–Kier alpha value is -2.38. The number of carboxylic acid groups (broad SMARTS) is 1. The number of ether oxygens (including phenoxy) is 1. The number of carbonyl (C=O) groups is 1. The third-order valence-corrected chi connectivity index (χ3v) is 5.97. The Morgan fingerprint density at radius 1 is 1.36 bits per heavy atom. The fourth-order valence-electron chi connectivity index (χ4n) is 3.61. The Morgan fingerprint density at radius 3 is 2.86 bits per heavy atom. The van der Waals surface area contributed by atoms with E-state index in [1.807, 2.05) is 41.5 Å². The van der Waals surface area contributed by atoms with E-state index in [0.717, 1.165) is 40.1 Å². The second kappa shape index (κ2) is 7.93. The topological polar surface area (TPSA) is 75.6 Å². The minimum atomic E-state index is -0.766. The van der Waals surface area contributed by atoms with Crippen LogP contribution in [0.5, 0.6) is 5.75 Å². The van der Waals surface area contributed by atoms with Gasteiger partial charge >= 0.3 is 5.97 Å². The summed E-state index contributed by atoms with van der Waals surface area (Å²) >= 11 is 7.69. The first kappa shape index (κ1) is 19.0. The van der Waals surface area contributed by atoms with Gasteiger partial charge in [0, 0.05) is 24.0 Å². The average molecular weight is 418 g/mol. The molecule has 6 nitrogen and oxygen atoms in total. The molecule has 1 unspecified atom stereocenters. The molecule has 2 aromatic heterocycles. The van der Waals surface area contributed by atoms with E-state index in [9.17, 15) is 9.90 Å².